The van der Waals surface area contributed by atoms with Crippen LogP contribution in [-0.2, 0) is 6.42 Å². The van der Waals surface area contributed by atoms with Crippen molar-refractivity contribution in [2.24, 2.45) is 5.73 Å². The zero-order valence-electron chi connectivity index (χ0n) is 9.77. The zero-order valence-corrected chi connectivity index (χ0v) is 9.77. The highest BCUT2D eigenvalue weighted by atomic mass is 15.2. The van der Waals surface area contributed by atoms with Crippen molar-refractivity contribution in [2.75, 3.05) is 6.54 Å². The minimum absolute atomic E-state index is 0.587. The molecule has 86 valence electrons. The molecular weight excluding hydrogens is 200 g/mol. The molecule has 0 unspecified atom stereocenters. The Kier molecular flexibility index (Phi) is 5.22. The van der Waals surface area contributed by atoms with Crippen LogP contribution in [0.25, 0.3) is 11.4 Å². The molecule has 0 fully saturated rings. The first-order chi connectivity index (χ1) is 7.90. The lowest BCUT2D eigenvalue weighted by molar-refractivity contribution is 0.874. The smallest absolute Gasteiger partial charge is 0.181 e. The van der Waals surface area contributed by atoms with Crippen molar-refractivity contribution < 1.29 is 0 Å². The highest BCUT2D eigenvalue weighted by Gasteiger charge is 2.03. The van der Waals surface area contributed by atoms with E-state index >= 15 is 0 Å². The summed E-state index contributed by atoms with van der Waals surface area (Å²) in [7, 11) is 0. The number of rotatable bonds is 3. The maximum absolute atomic E-state index is 5.42. The van der Waals surface area contributed by atoms with Gasteiger partial charge in [-0.05, 0) is 6.54 Å². The number of aromatic nitrogens is 3. The third-order valence-corrected chi connectivity index (χ3v) is 1.94. The second kappa shape index (κ2) is 6.74. The summed E-state index contributed by atoms with van der Waals surface area (Å²) >= 11 is 0. The third kappa shape index (κ3) is 3.17. The lowest BCUT2D eigenvalue weighted by Crippen LogP contribution is -2.03. The van der Waals surface area contributed by atoms with E-state index in [4.69, 9.17) is 5.73 Å². The molecule has 0 bridgehead atoms. The van der Waals surface area contributed by atoms with E-state index in [-0.39, 0.29) is 0 Å². The predicted molar refractivity (Wildman–Crippen MR) is 65.9 cm³/mol. The molecule has 0 aliphatic heterocycles. The summed E-state index contributed by atoms with van der Waals surface area (Å²) in [6, 6.07) is 9.87. The van der Waals surface area contributed by atoms with Crippen molar-refractivity contribution >= 4 is 0 Å². The number of hydrogen-bond acceptors (Lipinski definition) is 3. The van der Waals surface area contributed by atoms with Gasteiger partial charge in [0.2, 0.25) is 0 Å². The maximum Gasteiger partial charge on any atom is 0.181 e. The van der Waals surface area contributed by atoms with Gasteiger partial charge in [0.1, 0.15) is 5.82 Å². The molecule has 16 heavy (non-hydrogen) atoms. The van der Waals surface area contributed by atoms with Crippen molar-refractivity contribution in [3.63, 3.8) is 0 Å². The molecule has 0 saturated carbocycles. The monoisotopic (exact) mass is 218 g/mol. The van der Waals surface area contributed by atoms with Crippen LogP contribution in [0.15, 0.2) is 30.3 Å². The number of aromatic amines is 1. The van der Waals surface area contributed by atoms with Gasteiger partial charge in [-0.1, -0.05) is 44.2 Å². The molecule has 4 nitrogen and oxygen atoms in total. The molecular formula is C12H18N4. The Balaban J connectivity index is 0.000000606. The Hall–Kier alpha value is -1.68. The SMILES string of the molecule is CC.NCCc1nc(-c2ccccc2)n[nH]1. The second-order valence-corrected chi connectivity index (χ2v) is 3.01. The molecule has 1 aromatic carbocycles. The summed E-state index contributed by atoms with van der Waals surface area (Å²) in [4.78, 5) is 4.32. The normalized spacial score (nSPS) is 9.44. The lowest BCUT2D eigenvalue weighted by atomic mass is 10.2. The second-order valence-electron chi connectivity index (χ2n) is 3.01. The standard InChI is InChI=1S/C10H12N4.C2H6/c11-7-6-9-12-10(14-13-9)8-4-2-1-3-5-8;1-2/h1-5H,6-7,11H2,(H,12,13,14);1-2H3. The molecule has 0 saturated heterocycles. The van der Waals surface area contributed by atoms with Crippen LogP contribution in [-0.4, -0.2) is 21.7 Å². The summed E-state index contributed by atoms with van der Waals surface area (Å²) in [6.07, 6.45) is 0.736. The molecule has 0 aliphatic rings. The van der Waals surface area contributed by atoms with E-state index in [2.05, 4.69) is 15.2 Å². The van der Waals surface area contributed by atoms with Crippen LogP contribution in [0.4, 0.5) is 0 Å². The van der Waals surface area contributed by atoms with Gasteiger partial charge in [-0.3, -0.25) is 5.10 Å². The van der Waals surface area contributed by atoms with Crippen LogP contribution in [0.5, 0.6) is 0 Å². The summed E-state index contributed by atoms with van der Waals surface area (Å²) < 4.78 is 0. The number of benzene rings is 1. The van der Waals surface area contributed by atoms with Gasteiger partial charge < -0.3 is 5.73 Å². The summed E-state index contributed by atoms with van der Waals surface area (Å²) in [5.41, 5.74) is 6.44. The number of H-pyrrole nitrogens is 1. The Morgan fingerprint density at radius 2 is 1.88 bits per heavy atom. The first kappa shape index (κ1) is 12.4. The van der Waals surface area contributed by atoms with E-state index in [0.29, 0.717) is 6.54 Å². The Morgan fingerprint density at radius 1 is 1.19 bits per heavy atom. The van der Waals surface area contributed by atoms with Crippen molar-refractivity contribution in [3.8, 4) is 11.4 Å². The first-order valence-electron chi connectivity index (χ1n) is 5.57. The summed E-state index contributed by atoms with van der Waals surface area (Å²) in [6.45, 7) is 4.59. The van der Waals surface area contributed by atoms with Crippen molar-refractivity contribution in [1.82, 2.24) is 15.2 Å². The van der Waals surface area contributed by atoms with Gasteiger partial charge in [0.15, 0.2) is 5.82 Å². The van der Waals surface area contributed by atoms with Gasteiger partial charge >= 0.3 is 0 Å². The predicted octanol–water partition coefficient (Wildman–Crippen LogP) is 2.00. The molecule has 1 heterocycles. The first-order valence-corrected chi connectivity index (χ1v) is 5.57. The molecule has 2 aromatic rings. The zero-order chi connectivity index (χ0) is 11.8. The van der Waals surface area contributed by atoms with Crippen LogP contribution in [0, 0.1) is 0 Å². The van der Waals surface area contributed by atoms with Crippen LogP contribution >= 0.6 is 0 Å². The molecule has 1 aromatic heterocycles. The fraction of sp³-hybridized carbons (Fsp3) is 0.333. The molecule has 3 N–H and O–H groups in total. The van der Waals surface area contributed by atoms with Gasteiger partial charge in [-0.25, -0.2) is 4.98 Å². The maximum atomic E-state index is 5.42. The molecule has 0 atom stereocenters. The Labute approximate surface area is 95.9 Å². The fourth-order valence-electron chi connectivity index (χ4n) is 1.26. The van der Waals surface area contributed by atoms with Crippen molar-refractivity contribution in [3.05, 3.63) is 36.2 Å². The molecule has 0 aliphatic carbocycles. The highest BCUT2D eigenvalue weighted by molar-refractivity contribution is 5.53. The molecule has 0 amide bonds. The lowest BCUT2D eigenvalue weighted by Gasteiger charge is -1.91. The van der Waals surface area contributed by atoms with Crippen LogP contribution in [0.1, 0.15) is 19.7 Å². The van der Waals surface area contributed by atoms with E-state index in [1.54, 1.807) is 0 Å². The fourth-order valence-corrected chi connectivity index (χ4v) is 1.26. The van der Waals surface area contributed by atoms with E-state index in [9.17, 15) is 0 Å². The number of nitrogens with zero attached hydrogens (tertiary/aromatic N) is 2. The topological polar surface area (TPSA) is 67.6 Å². The van der Waals surface area contributed by atoms with Crippen molar-refractivity contribution in [2.45, 2.75) is 20.3 Å². The Bertz CT molecular complexity index is 394. The third-order valence-electron chi connectivity index (χ3n) is 1.94. The number of hydrogen-bond donors (Lipinski definition) is 2. The average Bonchev–Trinajstić information content (AvgIpc) is 2.82. The molecule has 2 rings (SSSR count). The van der Waals surface area contributed by atoms with E-state index < -0.39 is 0 Å². The van der Waals surface area contributed by atoms with Crippen LogP contribution in [0.3, 0.4) is 0 Å². The average molecular weight is 218 g/mol. The van der Waals surface area contributed by atoms with E-state index in [1.807, 2.05) is 44.2 Å². The quantitative estimate of drug-likeness (QED) is 0.828. The van der Waals surface area contributed by atoms with Gasteiger partial charge in [-0.15, -0.1) is 0 Å². The minimum Gasteiger partial charge on any atom is -0.330 e. The van der Waals surface area contributed by atoms with Gasteiger partial charge in [0, 0.05) is 12.0 Å². The van der Waals surface area contributed by atoms with E-state index in [1.165, 1.54) is 0 Å². The minimum atomic E-state index is 0.587. The van der Waals surface area contributed by atoms with Gasteiger partial charge in [-0.2, -0.15) is 5.10 Å². The van der Waals surface area contributed by atoms with Crippen molar-refractivity contribution in [1.29, 1.82) is 0 Å². The molecule has 0 spiro atoms. The van der Waals surface area contributed by atoms with Crippen LogP contribution < -0.4 is 5.73 Å². The number of nitrogens with two attached hydrogens (primary N) is 1. The van der Waals surface area contributed by atoms with Gasteiger partial charge in [0.25, 0.3) is 0 Å². The Morgan fingerprint density at radius 3 is 2.50 bits per heavy atom. The largest absolute Gasteiger partial charge is 0.330 e. The highest BCUT2D eigenvalue weighted by Crippen LogP contribution is 2.12. The molecule has 0 radical (unpaired) electrons. The summed E-state index contributed by atoms with van der Waals surface area (Å²) in [5.74, 6) is 1.57. The van der Waals surface area contributed by atoms with Gasteiger partial charge in [0.05, 0.1) is 0 Å². The van der Waals surface area contributed by atoms with Crippen LogP contribution in [0.2, 0.25) is 0 Å². The molecule has 4 heteroatoms. The van der Waals surface area contributed by atoms with E-state index in [0.717, 1.165) is 23.6 Å². The summed E-state index contributed by atoms with van der Waals surface area (Å²) in [5, 5.41) is 6.98. The number of nitrogens with one attached hydrogen (secondary N) is 1.